The average Bonchev–Trinajstić information content (AvgIpc) is 2.87. The highest BCUT2D eigenvalue weighted by atomic mass is 14.5. The van der Waals surface area contributed by atoms with E-state index in [9.17, 15) is 0 Å². The van der Waals surface area contributed by atoms with Crippen LogP contribution in [0.3, 0.4) is 0 Å². The number of hydrogen-bond donors (Lipinski definition) is 2. The van der Waals surface area contributed by atoms with Crippen LogP contribution in [0.4, 0.5) is 11.4 Å². The number of aryl methyl sites for hydroxylation is 6. The lowest BCUT2D eigenvalue weighted by atomic mass is 9.99. The maximum atomic E-state index is 5.77. The Kier molecular flexibility index (Phi) is 8.40. The van der Waals surface area contributed by atoms with Gasteiger partial charge in [0, 0.05) is 11.4 Å². The van der Waals surface area contributed by atoms with Gasteiger partial charge in [0.25, 0.3) is 0 Å². The summed E-state index contributed by atoms with van der Waals surface area (Å²) in [6.45, 7) is 0. The zero-order chi connectivity index (χ0) is 23.6. The fourth-order valence-corrected chi connectivity index (χ4v) is 4.40. The maximum absolute atomic E-state index is 5.77. The van der Waals surface area contributed by atoms with Crippen LogP contribution in [0.1, 0.15) is 46.2 Å². The van der Waals surface area contributed by atoms with E-state index in [4.69, 9.17) is 11.5 Å². The Hall–Kier alpha value is -3.52. The van der Waals surface area contributed by atoms with Crippen LogP contribution in [-0.2, 0) is 38.5 Å². The van der Waals surface area contributed by atoms with Crippen molar-refractivity contribution in [1.82, 2.24) is 0 Å². The van der Waals surface area contributed by atoms with Crippen molar-refractivity contribution in [2.24, 2.45) is 0 Å². The van der Waals surface area contributed by atoms with Crippen LogP contribution < -0.4 is 11.5 Å². The van der Waals surface area contributed by atoms with Gasteiger partial charge in [-0.2, -0.15) is 0 Å². The van der Waals surface area contributed by atoms with Crippen LogP contribution in [-0.4, -0.2) is 0 Å². The topological polar surface area (TPSA) is 52.0 Å². The fourth-order valence-electron chi connectivity index (χ4n) is 4.40. The summed E-state index contributed by atoms with van der Waals surface area (Å²) in [4.78, 5) is 0. The van der Waals surface area contributed by atoms with Crippen molar-refractivity contribution in [3.63, 3.8) is 0 Å². The van der Waals surface area contributed by atoms with Gasteiger partial charge in [0.15, 0.2) is 0 Å². The standard InChI is InChI=1S/C32H36N2/c33-31-21-17-27(18-22-31)5-1-3-25-7-11-29(12-8-25)15-16-30-13-9-26(10-14-30)4-2-6-28-19-23-32(34)24-20-28/h7-14,17-24H,1-6,15-16,33-34H2. The van der Waals surface area contributed by atoms with E-state index in [0.717, 1.165) is 62.7 Å². The number of benzene rings is 4. The summed E-state index contributed by atoms with van der Waals surface area (Å²) in [6, 6.07) is 34.8. The molecule has 0 bridgehead atoms. The van der Waals surface area contributed by atoms with E-state index in [1.807, 2.05) is 24.3 Å². The van der Waals surface area contributed by atoms with Crippen molar-refractivity contribution in [2.75, 3.05) is 11.5 Å². The molecule has 0 aliphatic rings. The van der Waals surface area contributed by atoms with E-state index in [1.54, 1.807) is 0 Å². The van der Waals surface area contributed by atoms with Crippen LogP contribution in [0.15, 0.2) is 97.1 Å². The molecule has 0 amide bonds. The highest BCUT2D eigenvalue weighted by molar-refractivity contribution is 5.40. The minimum absolute atomic E-state index is 0.834. The van der Waals surface area contributed by atoms with E-state index in [-0.39, 0.29) is 0 Å². The van der Waals surface area contributed by atoms with Crippen molar-refractivity contribution in [3.8, 4) is 0 Å². The third kappa shape index (κ3) is 7.52. The van der Waals surface area contributed by atoms with E-state index >= 15 is 0 Å². The van der Waals surface area contributed by atoms with Crippen LogP contribution in [0.2, 0.25) is 0 Å². The molecule has 174 valence electrons. The number of rotatable bonds is 11. The molecule has 0 aliphatic heterocycles. The zero-order valence-electron chi connectivity index (χ0n) is 20.0. The first-order chi connectivity index (χ1) is 16.6. The Morgan fingerprint density at radius 2 is 0.500 bits per heavy atom. The normalized spacial score (nSPS) is 10.9. The lowest BCUT2D eigenvalue weighted by Crippen LogP contribution is -1.95. The second-order valence-electron chi connectivity index (χ2n) is 9.32. The van der Waals surface area contributed by atoms with Crippen molar-refractivity contribution in [2.45, 2.75) is 51.4 Å². The molecule has 0 spiro atoms. The first-order valence-electron chi connectivity index (χ1n) is 12.5. The molecule has 0 radical (unpaired) electrons. The summed E-state index contributed by atoms with van der Waals surface area (Å²) < 4.78 is 0. The molecule has 0 fully saturated rings. The summed E-state index contributed by atoms with van der Waals surface area (Å²) >= 11 is 0. The van der Waals surface area contributed by atoms with Gasteiger partial charge in [0.05, 0.1) is 0 Å². The molecule has 0 heterocycles. The first-order valence-corrected chi connectivity index (χ1v) is 12.5. The van der Waals surface area contributed by atoms with Crippen molar-refractivity contribution < 1.29 is 0 Å². The number of anilines is 2. The predicted octanol–water partition coefficient (Wildman–Crippen LogP) is 6.99. The van der Waals surface area contributed by atoms with Crippen LogP contribution in [0, 0.1) is 0 Å². The Balaban J connectivity index is 1.16. The van der Waals surface area contributed by atoms with Gasteiger partial charge in [0.2, 0.25) is 0 Å². The third-order valence-electron chi connectivity index (χ3n) is 6.57. The fraction of sp³-hybridized carbons (Fsp3) is 0.250. The number of nitrogens with two attached hydrogens (primary N) is 2. The molecule has 2 nitrogen and oxygen atoms in total. The summed E-state index contributed by atoms with van der Waals surface area (Å²) in [7, 11) is 0. The van der Waals surface area contributed by atoms with E-state index in [0.29, 0.717) is 0 Å². The molecule has 0 unspecified atom stereocenters. The Bertz CT molecular complexity index is 1030. The van der Waals surface area contributed by atoms with Gasteiger partial charge < -0.3 is 11.5 Å². The molecular weight excluding hydrogens is 412 g/mol. The Labute approximate surface area is 204 Å². The lowest BCUT2D eigenvalue weighted by molar-refractivity contribution is 0.818. The van der Waals surface area contributed by atoms with Crippen molar-refractivity contribution in [3.05, 3.63) is 130 Å². The highest BCUT2D eigenvalue weighted by Crippen LogP contribution is 2.15. The van der Waals surface area contributed by atoms with Crippen molar-refractivity contribution >= 4 is 11.4 Å². The van der Waals surface area contributed by atoms with Crippen LogP contribution in [0.25, 0.3) is 0 Å². The van der Waals surface area contributed by atoms with E-state index in [2.05, 4.69) is 72.8 Å². The Morgan fingerprint density at radius 3 is 0.765 bits per heavy atom. The van der Waals surface area contributed by atoms with Crippen molar-refractivity contribution in [1.29, 1.82) is 0 Å². The largest absolute Gasteiger partial charge is 0.399 e. The maximum Gasteiger partial charge on any atom is 0.0314 e. The summed E-state index contributed by atoms with van der Waals surface area (Å²) in [6.07, 6.45) is 8.92. The minimum Gasteiger partial charge on any atom is -0.399 e. The highest BCUT2D eigenvalue weighted by Gasteiger charge is 2.01. The molecule has 0 saturated carbocycles. The SMILES string of the molecule is Nc1ccc(CCCc2ccc(CCc3ccc(CCCc4ccc(N)cc4)cc3)cc2)cc1. The van der Waals surface area contributed by atoms with Gasteiger partial charge in [0.1, 0.15) is 0 Å². The van der Waals surface area contributed by atoms with E-state index < -0.39 is 0 Å². The molecule has 4 N–H and O–H groups in total. The molecule has 4 aromatic rings. The van der Waals surface area contributed by atoms with Gasteiger partial charge in [-0.1, -0.05) is 72.8 Å². The quantitative estimate of drug-likeness (QED) is 0.243. The van der Waals surface area contributed by atoms with Crippen LogP contribution >= 0.6 is 0 Å². The van der Waals surface area contributed by atoms with E-state index in [1.165, 1.54) is 33.4 Å². The molecule has 0 aromatic heterocycles. The average molecular weight is 449 g/mol. The van der Waals surface area contributed by atoms with Gasteiger partial charge in [-0.3, -0.25) is 0 Å². The molecule has 0 aliphatic carbocycles. The molecule has 4 aromatic carbocycles. The summed E-state index contributed by atoms with van der Waals surface area (Å²) in [5.74, 6) is 0. The lowest BCUT2D eigenvalue weighted by Gasteiger charge is -2.07. The number of hydrogen-bond acceptors (Lipinski definition) is 2. The monoisotopic (exact) mass is 448 g/mol. The molecule has 2 heteroatoms. The molecule has 0 saturated heterocycles. The molecule has 34 heavy (non-hydrogen) atoms. The van der Waals surface area contributed by atoms with Gasteiger partial charge >= 0.3 is 0 Å². The smallest absolute Gasteiger partial charge is 0.0314 e. The molecule has 0 atom stereocenters. The van der Waals surface area contributed by atoms with Gasteiger partial charge in [-0.15, -0.1) is 0 Å². The first kappa shape index (κ1) is 23.6. The third-order valence-corrected chi connectivity index (χ3v) is 6.57. The molecular formula is C32H36N2. The Morgan fingerprint density at radius 1 is 0.294 bits per heavy atom. The summed E-state index contributed by atoms with van der Waals surface area (Å²) in [5.41, 5.74) is 21.6. The second kappa shape index (κ2) is 12.1. The number of nitrogen functional groups attached to an aromatic ring is 2. The summed E-state index contributed by atoms with van der Waals surface area (Å²) in [5, 5.41) is 0. The predicted molar refractivity (Wildman–Crippen MR) is 146 cm³/mol. The molecule has 4 rings (SSSR count). The minimum atomic E-state index is 0.834. The van der Waals surface area contributed by atoms with Crippen LogP contribution in [0.5, 0.6) is 0 Å². The van der Waals surface area contributed by atoms with Gasteiger partial charge in [-0.25, -0.2) is 0 Å². The zero-order valence-corrected chi connectivity index (χ0v) is 20.0. The van der Waals surface area contributed by atoms with Gasteiger partial charge in [-0.05, 0) is 109 Å². The second-order valence-corrected chi connectivity index (χ2v) is 9.32.